The van der Waals surface area contributed by atoms with E-state index in [-0.39, 0.29) is 31.8 Å². The Morgan fingerprint density at radius 3 is 2.43 bits per heavy atom. The Hall–Kier alpha value is -2.39. The third-order valence-electron chi connectivity index (χ3n) is 5.67. The molecule has 2 heterocycles. The SMILES string of the molecule is O=C(O)[C@@H]1CC1c1cc(N2CCC(C(F)(F)F)CC2)cc2cn(C(F)F)nc12. The first kappa shape index (κ1) is 18.9. The van der Waals surface area contributed by atoms with Crippen LogP contribution in [0.15, 0.2) is 18.3 Å². The van der Waals surface area contributed by atoms with Crippen LogP contribution in [0.25, 0.3) is 10.9 Å². The van der Waals surface area contributed by atoms with Crippen LogP contribution in [0.5, 0.6) is 0 Å². The number of hydrogen-bond acceptors (Lipinski definition) is 3. The van der Waals surface area contributed by atoms with Gasteiger partial charge in [-0.15, -0.1) is 0 Å². The van der Waals surface area contributed by atoms with Crippen molar-refractivity contribution in [2.45, 2.75) is 37.9 Å². The maximum absolute atomic E-state index is 13.1. The van der Waals surface area contributed by atoms with Gasteiger partial charge in [0.2, 0.25) is 0 Å². The lowest BCUT2D eigenvalue weighted by Gasteiger charge is -2.34. The van der Waals surface area contributed by atoms with Crippen LogP contribution in [-0.2, 0) is 4.79 Å². The second-order valence-corrected chi connectivity index (χ2v) is 7.45. The Balaban J connectivity index is 1.67. The average molecular weight is 403 g/mol. The second-order valence-electron chi connectivity index (χ2n) is 7.45. The van der Waals surface area contributed by atoms with Crippen LogP contribution < -0.4 is 4.90 Å². The molecule has 152 valence electrons. The topological polar surface area (TPSA) is 58.4 Å². The first-order chi connectivity index (χ1) is 13.1. The van der Waals surface area contributed by atoms with Gasteiger partial charge in [-0.1, -0.05) is 0 Å². The van der Waals surface area contributed by atoms with Gasteiger partial charge in [0.05, 0.1) is 17.4 Å². The standard InChI is InChI=1S/C18H18F5N3O2/c19-17(20)26-8-9-5-11(25-3-1-10(2-4-25)18(21,22)23)6-13(15(9)24-26)12-7-14(12)16(27)28/h5-6,8,10,12,14,17H,1-4,7H2,(H,27,28)/t12?,14-/m1/s1. The van der Waals surface area contributed by atoms with Crippen molar-refractivity contribution in [3.63, 3.8) is 0 Å². The molecule has 1 unspecified atom stereocenters. The molecule has 1 saturated carbocycles. The van der Waals surface area contributed by atoms with Crippen LogP contribution in [0.2, 0.25) is 0 Å². The Bertz CT molecular complexity index is 902. The van der Waals surface area contributed by atoms with Crippen LogP contribution in [0, 0.1) is 11.8 Å². The van der Waals surface area contributed by atoms with Gasteiger partial charge >= 0.3 is 18.7 Å². The second kappa shape index (κ2) is 6.59. The lowest BCUT2D eigenvalue weighted by molar-refractivity contribution is -0.179. The summed E-state index contributed by atoms with van der Waals surface area (Å²) in [4.78, 5) is 13.0. The van der Waals surface area contributed by atoms with E-state index in [9.17, 15) is 31.9 Å². The van der Waals surface area contributed by atoms with Crippen LogP contribution in [0.4, 0.5) is 27.6 Å². The largest absolute Gasteiger partial charge is 0.481 e. The monoisotopic (exact) mass is 403 g/mol. The van der Waals surface area contributed by atoms with Crippen LogP contribution >= 0.6 is 0 Å². The van der Waals surface area contributed by atoms with E-state index < -0.39 is 30.5 Å². The normalized spacial score (nSPS) is 23.6. The minimum atomic E-state index is -4.22. The highest BCUT2D eigenvalue weighted by atomic mass is 19.4. The molecule has 2 fully saturated rings. The summed E-state index contributed by atoms with van der Waals surface area (Å²) in [5, 5.41) is 13.5. The third kappa shape index (κ3) is 3.40. The van der Waals surface area contributed by atoms with E-state index in [0.29, 0.717) is 33.3 Å². The zero-order valence-electron chi connectivity index (χ0n) is 14.7. The summed E-state index contributed by atoms with van der Waals surface area (Å²) in [5.41, 5.74) is 1.51. The summed E-state index contributed by atoms with van der Waals surface area (Å²) in [5.74, 6) is -3.21. The molecule has 0 amide bonds. The number of carboxylic acids is 1. The van der Waals surface area contributed by atoms with Crippen molar-refractivity contribution in [1.29, 1.82) is 0 Å². The number of benzene rings is 1. The van der Waals surface area contributed by atoms with Gasteiger partial charge in [0, 0.05) is 36.3 Å². The van der Waals surface area contributed by atoms with E-state index in [4.69, 9.17) is 0 Å². The van der Waals surface area contributed by atoms with Crippen LogP contribution in [0.1, 0.15) is 37.3 Å². The molecule has 1 N–H and O–H groups in total. The van der Waals surface area contributed by atoms with Gasteiger partial charge in [-0.05, 0) is 37.0 Å². The molecule has 0 spiro atoms. The number of aliphatic carboxylic acids is 1. The lowest BCUT2D eigenvalue weighted by Crippen LogP contribution is -2.39. The fourth-order valence-corrected chi connectivity index (χ4v) is 4.01. The van der Waals surface area contributed by atoms with Gasteiger partial charge < -0.3 is 10.0 Å². The number of carboxylic acid groups (broad SMARTS) is 1. The first-order valence-electron chi connectivity index (χ1n) is 9.00. The minimum absolute atomic E-state index is 0.0334. The predicted octanol–water partition coefficient (Wildman–Crippen LogP) is 4.40. The summed E-state index contributed by atoms with van der Waals surface area (Å²) >= 11 is 0. The molecule has 1 aliphatic carbocycles. The Morgan fingerprint density at radius 2 is 1.89 bits per heavy atom. The number of aromatic nitrogens is 2. The number of alkyl halides is 5. The van der Waals surface area contributed by atoms with Gasteiger partial charge in [0.15, 0.2) is 0 Å². The predicted molar refractivity (Wildman–Crippen MR) is 90.5 cm³/mol. The van der Waals surface area contributed by atoms with E-state index in [2.05, 4.69) is 5.10 Å². The summed E-state index contributed by atoms with van der Waals surface area (Å²) in [6.45, 7) is -2.43. The summed E-state index contributed by atoms with van der Waals surface area (Å²) in [6.07, 6.45) is -2.70. The molecule has 1 aromatic heterocycles. The maximum atomic E-state index is 13.1. The van der Waals surface area contributed by atoms with Gasteiger partial charge in [0.25, 0.3) is 0 Å². The minimum Gasteiger partial charge on any atom is -0.481 e. The first-order valence-corrected chi connectivity index (χ1v) is 9.00. The lowest BCUT2D eigenvalue weighted by atomic mass is 9.95. The Labute approximate surface area is 156 Å². The zero-order chi connectivity index (χ0) is 20.2. The van der Waals surface area contributed by atoms with Crippen molar-refractivity contribution in [3.8, 4) is 0 Å². The van der Waals surface area contributed by atoms with Crippen molar-refractivity contribution < 1.29 is 31.9 Å². The zero-order valence-corrected chi connectivity index (χ0v) is 14.7. The van der Waals surface area contributed by atoms with Crippen molar-refractivity contribution >= 4 is 22.6 Å². The van der Waals surface area contributed by atoms with Crippen molar-refractivity contribution in [3.05, 3.63) is 23.9 Å². The van der Waals surface area contributed by atoms with Gasteiger partial charge in [0.1, 0.15) is 0 Å². The molecular formula is C18H18F5N3O2. The van der Waals surface area contributed by atoms with E-state index in [1.54, 1.807) is 17.0 Å². The highest BCUT2D eigenvalue weighted by Gasteiger charge is 2.46. The molecule has 0 bridgehead atoms. The van der Waals surface area contributed by atoms with Crippen molar-refractivity contribution in [2.24, 2.45) is 11.8 Å². The third-order valence-corrected chi connectivity index (χ3v) is 5.67. The highest BCUT2D eigenvalue weighted by molar-refractivity contribution is 5.88. The number of halogens is 5. The number of carbonyl (C=O) groups is 1. The smallest absolute Gasteiger partial charge is 0.391 e. The van der Waals surface area contributed by atoms with Gasteiger partial charge in [-0.2, -0.15) is 27.1 Å². The average Bonchev–Trinajstić information content (AvgIpc) is 3.31. The fraction of sp³-hybridized carbons (Fsp3) is 0.556. The molecule has 4 rings (SSSR count). The molecule has 1 aromatic carbocycles. The Morgan fingerprint density at radius 1 is 1.21 bits per heavy atom. The van der Waals surface area contributed by atoms with E-state index in [1.807, 2.05) is 0 Å². The molecular weight excluding hydrogens is 385 g/mol. The van der Waals surface area contributed by atoms with E-state index in [0.717, 1.165) is 0 Å². The number of piperidine rings is 1. The molecule has 2 aromatic rings. The van der Waals surface area contributed by atoms with Crippen molar-refractivity contribution in [2.75, 3.05) is 18.0 Å². The quantitative estimate of drug-likeness (QED) is 0.769. The van der Waals surface area contributed by atoms with Gasteiger partial charge in [-0.25, -0.2) is 4.68 Å². The Kier molecular flexibility index (Phi) is 4.46. The number of anilines is 1. The molecule has 1 saturated heterocycles. The van der Waals surface area contributed by atoms with Crippen molar-refractivity contribution in [1.82, 2.24) is 9.78 Å². The molecule has 28 heavy (non-hydrogen) atoms. The van der Waals surface area contributed by atoms with E-state index in [1.165, 1.54) is 6.20 Å². The number of nitrogens with zero attached hydrogens (tertiary/aromatic N) is 3. The molecule has 5 nitrogen and oxygen atoms in total. The molecule has 1 aliphatic heterocycles. The van der Waals surface area contributed by atoms with Gasteiger partial charge in [-0.3, -0.25) is 4.79 Å². The maximum Gasteiger partial charge on any atom is 0.391 e. The van der Waals surface area contributed by atoms with E-state index >= 15 is 0 Å². The fourth-order valence-electron chi connectivity index (χ4n) is 4.01. The number of fused-ring (bicyclic) bond motifs is 1. The summed E-state index contributed by atoms with van der Waals surface area (Å²) < 4.78 is 65.3. The highest BCUT2D eigenvalue weighted by Crippen LogP contribution is 2.50. The van der Waals surface area contributed by atoms with Crippen LogP contribution in [0.3, 0.4) is 0 Å². The summed E-state index contributed by atoms with van der Waals surface area (Å²) in [6, 6.07) is 3.34. The summed E-state index contributed by atoms with van der Waals surface area (Å²) in [7, 11) is 0. The molecule has 2 aliphatic rings. The number of rotatable bonds is 4. The molecule has 0 radical (unpaired) electrons. The molecule has 10 heteroatoms. The van der Waals surface area contributed by atoms with Crippen LogP contribution in [-0.4, -0.2) is 40.1 Å². The molecule has 2 atom stereocenters. The number of hydrogen-bond donors (Lipinski definition) is 1.